The molecule has 3 heteroatoms. The Morgan fingerprint density at radius 1 is 1.10 bits per heavy atom. The zero-order valence-corrected chi connectivity index (χ0v) is 12.0. The zero-order valence-electron chi connectivity index (χ0n) is 12.0. The molecule has 0 aliphatic heterocycles. The fourth-order valence-corrected chi connectivity index (χ4v) is 2.27. The van der Waals surface area contributed by atoms with E-state index < -0.39 is 6.10 Å². The summed E-state index contributed by atoms with van der Waals surface area (Å²) >= 11 is 0. The average Bonchev–Trinajstić information content (AvgIpc) is 2.39. The number of rotatable bonds is 4. The summed E-state index contributed by atoms with van der Waals surface area (Å²) in [5.74, 6) is 0.289. The van der Waals surface area contributed by atoms with E-state index in [4.69, 9.17) is 4.74 Å². The summed E-state index contributed by atoms with van der Waals surface area (Å²) in [5, 5.41) is 10.5. The van der Waals surface area contributed by atoms with Crippen LogP contribution < -0.4 is 4.74 Å². The molecule has 0 heterocycles. The number of benzene rings is 2. The van der Waals surface area contributed by atoms with E-state index in [1.165, 1.54) is 12.1 Å². The highest BCUT2D eigenvalue weighted by Crippen LogP contribution is 2.31. The lowest BCUT2D eigenvalue weighted by molar-refractivity contribution is 0.211. The molecule has 2 rings (SSSR count). The van der Waals surface area contributed by atoms with Gasteiger partial charge in [0.2, 0.25) is 0 Å². The van der Waals surface area contributed by atoms with Crippen molar-refractivity contribution in [3.05, 3.63) is 64.5 Å². The molecule has 0 spiro atoms. The molecule has 0 radical (unpaired) electrons. The Morgan fingerprint density at radius 2 is 1.85 bits per heavy atom. The molecular weight excluding hydrogens is 255 g/mol. The summed E-state index contributed by atoms with van der Waals surface area (Å²) in [6.07, 6.45) is -0.897. The summed E-state index contributed by atoms with van der Waals surface area (Å²) in [4.78, 5) is 0. The molecule has 1 atom stereocenters. The van der Waals surface area contributed by atoms with E-state index in [9.17, 15) is 9.50 Å². The molecule has 106 valence electrons. The van der Waals surface area contributed by atoms with Crippen LogP contribution in [0.15, 0.2) is 36.4 Å². The van der Waals surface area contributed by atoms with Crippen molar-refractivity contribution in [2.75, 3.05) is 6.61 Å². The number of hydrogen-bond donors (Lipinski definition) is 1. The van der Waals surface area contributed by atoms with E-state index in [0.29, 0.717) is 23.5 Å². The topological polar surface area (TPSA) is 29.5 Å². The van der Waals surface area contributed by atoms with Gasteiger partial charge in [-0.1, -0.05) is 17.7 Å². The van der Waals surface area contributed by atoms with Gasteiger partial charge in [-0.05, 0) is 56.2 Å². The van der Waals surface area contributed by atoms with Crippen LogP contribution in [0.5, 0.6) is 5.75 Å². The fourth-order valence-electron chi connectivity index (χ4n) is 2.27. The molecule has 2 aromatic carbocycles. The van der Waals surface area contributed by atoms with Gasteiger partial charge in [0.05, 0.1) is 6.61 Å². The average molecular weight is 274 g/mol. The van der Waals surface area contributed by atoms with Crippen molar-refractivity contribution in [1.82, 2.24) is 0 Å². The smallest absolute Gasteiger partial charge is 0.125 e. The van der Waals surface area contributed by atoms with Crippen molar-refractivity contribution in [2.24, 2.45) is 0 Å². The molecule has 0 amide bonds. The molecular formula is C17H19FO2. The number of aryl methyl sites for hydroxylation is 2. The van der Waals surface area contributed by atoms with Crippen LogP contribution in [-0.2, 0) is 0 Å². The zero-order chi connectivity index (χ0) is 14.7. The van der Waals surface area contributed by atoms with Crippen molar-refractivity contribution >= 4 is 0 Å². The normalized spacial score (nSPS) is 12.2. The fraction of sp³-hybridized carbons (Fsp3) is 0.294. The first-order chi connectivity index (χ1) is 9.51. The second kappa shape index (κ2) is 6.06. The Kier molecular flexibility index (Phi) is 4.40. The molecule has 0 saturated heterocycles. The Hall–Kier alpha value is -1.87. The molecule has 20 heavy (non-hydrogen) atoms. The predicted octanol–water partition coefficient (Wildman–Crippen LogP) is 3.92. The van der Waals surface area contributed by atoms with Crippen LogP contribution in [0.1, 0.15) is 35.3 Å². The van der Waals surface area contributed by atoms with Gasteiger partial charge < -0.3 is 9.84 Å². The summed E-state index contributed by atoms with van der Waals surface area (Å²) in [6.45, 7) is 6.16. The summed E-state index contributed by atoms with van der Waals surface area (Å²) < 4.78 is 19.0. The molecule has 0 bridgehead atoms. The second-order valence-electron chi connectivity index (χ2n) is 4.94. The van der Waals surface area contributed by atoms with Crippen LogP contribution in [0.2, 0.25) is 0 Å². The number of aliphatic hydroxyl groups excluding tert-OH is 1. The largest absolute Gasteiger partial charge is 0.493 e. The summed E-state index contributed by atoms with van der Waals surface area (Å²) in [7, 11) is 0. The van der Waals surface area contributed by atoms with E-state index in [0.717, 1.165) is 11.1 Å². The van der Waals surface area contributed by atoms with E-state index in [1.807, 2.05) is 32.0 Å². The van der Waals surface area contributed by atoms with Crippen LogP contribution >= 0.6 is 0 Å². The number of aliphatic hydroxyl groups is 1. The molecule has 1 N–H and O–H groups in total. The van der Waals surface area contributed by atoms with E-state index >= 15 is 0 Å². The SMILES string of the molecule is CCOc1ccc(C)cc1C(O)c1cc(C)cc(F)c1. The minimum absolute atomic E-state index is 0.343. The first kappa shape index (κ1) is 14.5. The van der Waals surface area contributed by atoms with E-state index in [2.05, 4.69) is 0 Å². The number of halogens is 1. The van der Waals surface area contributed by atoms with Crippen LogP contribution in [0.3, 0.4) is 0 Å². The van der Waals surface area contributed by atoms with Gasteiger partial charge in [-0.25, -0.2) is 4.39 Å². The van der Waals surface area contributed by atoms with Gasteiger partial charge in [-0.2, -0.15) is 0 Å². The molecule has 0 aliphatic rings. The Morgan fingerprint density at radius 3 is 2.50 bits per heavy atom. The van der Waals surface area contributed by atoms with Gasteiger partial charge in [-0.3, -0.25) is 0 Å². The van der Waals surface area contributed by atoms with Crippen LogP contribution in [0.25, 0.3) is 0 Å². The lowest BCUT2D eigenvalue weighted by Crippen LogP contribution is -2.05. The van der Waals surface area contributed by atoms with Gasteiger partial charge in [-0.15, -0.1) is 0 Å². The highest BCUT2D eigenvalue weighted by molar-refractivity contribution is 5.43. The van der Waals surface area contributed by atoms with Crippen LogP contribution in [-0.4, -0.2) is 11.7 Å². The number of hydrogen-bond acceptors (Lipinski definition) is 2. The maximum Gasteiger partial charge on any atom is 0.125 e. The molecule has 0 aromatic heterocycles. The van der Waals surface area contributed by atoms with Gasteiger partial charge >= 0.3 is 0 Å². The van der Waals surface area contributed by atoms with Gasteiger partial charge in [0.25, 0.3) is 0 Å². The first-order valence-corrected chi connectivity index (χ1v) is 6.69. The van der Waals surface area contributed by atoms with E-state index in [1.54, 1.807) is 13.0 Å². The third-order valence-corrected chi connectivity index (χ3v) is 3.14. The summed E-state index contributed by atoms with van der Waals surface area (Å²) in [5.41, 5.74) is 3.01. The predicted molar refractivity (Wildman–Crippen MR) is 77.5 cm³/mol. The molecule has 0 fully saturated rings. The first-order valence-electron chi connectivity index (χ1n) is 6.69. The Balaban J connectivity index is 2.46. The van der Waals surface area contributed by atoms with E-state index in [-0.39, 0.29) is 5.82 Å². The maximum absolute atomic E-state index is 13.5. The molecule has 0 aliphatic carbocycles. The van der Waals surface area contributed by atoms with Crippen molar-refractivity contribution in [1.29, 1.82) is 0 Å². The van der Waals surface area contributed by atoms with Gasteiger partial charge in [0.1, 0.15) is 17.7 Å². The highest BCUT2D eigenvalue weighted by atomic mass is 19.1. The highest BCUT2D eigenvalue weighted by Gasteiger charge is 2.17. The summed E-state index contributed by atoms with van der Waals surface area (Å²) in [6, 6.07) is 10.2. The Bertz CT molecular complexity index is 588. The minimum Gasteiger partial charge on any atom is -0.493 e. The van der Waals surface area contributed by atoms with Gasteiger partial charge in [0.15, 0.2) is 0 Å². The minimum atomic E-state index is -0.897. The van der Waals surface area contributed by atoms with Crippen LogP contribution in [0.4, 0.5) is 4.39 Å². The van der Waals surface area contributed by atoms with Crippen molar-refractivity contribution in [3.63, 3.8) is 0 Å². The van der Waals surface area contributed by atoms with Crippen LogP contribution in [0, 0.1) is 19.7 Å². The molecule has 0 saturated carbocycles. The second-order valence-corrected chi connectivity index (χ2v) is 4.94. The van der Waals surface area contributed by atoms with Gasteiger partial charge in [0, 0.05) is 5.56 Å². The third kappa shape index (κ3) is 3.17. The standard InChI is InChI=1S/C17H19FO2/c1-4-20-16-6-5-11(2)9-15(16)17(19)13-7-12(3)8-14(18)10-13/h5-10,17,19H,4H2,1-3H3. The van der Waals surface area contributed by atoms with Crippen molar-refractivity contribution < 1.29 is 14.2 Å². The lowest BCUT2D eigenvalue weighted by atomic mass is 9.97. The third-order valence-electron chi connectivity index (χ3n) is 3.14. The monoisotopic (exact) mass is 274 g/mol. The van der Waals surface area contributed by atoms with Crippen molar-refractivity contribution in [3.8, 4) is 5.75 Å². The molecule has 1 unspecified atom stereocenters. The quantitative estimate of drug-likeness (QED) is 0.915. The lowest BCUT2D eigenvalue weighted by Gasteiger charge is -2.17. The number of ether oxygens (including phenoxy) is 1. The molecule has 2 aromatic rings. The molecule has 2 nitrogen and oxygen atoms in total. The Labute approximate surface area is 118 Å². The van der Waals surface area contributed by atoms with Crippen molar-refractivity contribution in [2.45, 2.75) is 26.9 Å². The maximum atomic E-state index is 13.5.